The highest BCUT2D eigenvalue weighted by Gasteiger charge is 2.22. The first-order valence-electron chi connectivity index (χ1n) is 10.0. The van der Waals surface area contributed by atoms with Crippen molar-refractivity contribution >= 4 is 17.2 Å². The Labute approximate surface area is 175 Å². The fourth-order valence-corrected chi connectivity index (χ4v) is 4.54. The number of carbonyl (C=O) groups excluding carboxylic acids is 1. The number of piperazine rings is 1. The van der Waals surface area contributed by atoms with Gasteiger partial charge in [0.1, 0.15) is 10.8 Å². The maximum absolute atomic E-state index is 12.6. The Morgan fingerprint density at radius 2 is 1.90 bits per heavy atom. The molecule has 1 aromatic carbocycles. The van der Waals surface area contributed by atoms with E-state index in [1.165, 1.54) is 0 Å². The van der Waals surface area contributed by atoms with Crippen LogP contribution >= 0.6 is 11.3 Å². The molecule has 0 N–H and O–H groups in total. The molecule has 29 heavy (non-hydrogen) atoms. The normalized spacial score (nSPS) is 15.0. The van der Waals surface area contributed by atoms with Crippen molar-refractivity contribution in [3.63, 3.8) is 0 Å². The minimum atomic E-state index is 0.213. The molecule has 6 nitrogen and oxygen atoms in total. The van der Waals surface area contributed by atoms with Gasteiger partial charge in [-0.15, -0.1) is 11.3 Å². The van der Waals surface area contributed by atoms with Gasteiger partial charge < -0.3 is 9.42 Å². The van der Waals surface area contributed by atoms with E-state index >= 15 is 0 Å². The molecular formula is C22H26N4O2S. The van der Waals surface area contributed by atoms with Crippen molar-refractivity contribution in [3.8, 4) is 10.6 Å². The summed E-state index contributed by atoms with van der Waals surface area (Å²) in [6.45, 7) is 7.98. The molecule has 1 amide bonds. The van der Waals surface area contributed by atoms with Gasteiger partial charge in [-0.05, 0) is 20.3 Å². The highest BCUT2D eigenvalue weighted by molar-refractivity contribution is 7.13. The summed E-state index contributed by atoms with van der Waals surface area (Å²) >= 11 is 1.69. The third kappa shape index (κ3) is 4.74. The van der Waals surface area contributed by atoms with Gasteiger partial charge in [0, 0.05) is 55.7 Å². The minimum Gasteiger partial charge on any atom is -0.361 e. The molecule has 0 atom stereocenters. The van der Waals surface area contributed by atoms with Crippen LogP contribution in [0.15, 0.2) is 40.2 Å². The molecule has 0 bridgehead atoms. The summed E-state index contributed by atoms with van der Waals surface area (Å²) in [6, 6.07) is 10.3. The fourth-order valence-electron chi connectivity index (χ4n) is 3.73. The average molecular weight is 411 g/mol. The first-order valence-corrected chi connectivity index (χ1v) is 10.9. The molecule has 0 spiro atoms. The zero-order valence-electron chi connectivity index (χ0n) is 16.9. The number of amides is 1. The van der Waals surface area contributed by atoms with E-state index in [-0.39, 0.29) is 5.91 Å². The summed E-state index contributed by atoms with van der Waals surface area (Å²) in [5.74, 6) is 1.03. The van der Waals surface area contributed by atoms with Crippen LogP contribution in [0.5, 0.6) is 0 Å². The molecule has 152 valence electrons. The Hall–Kier alpha value is -2.51. The molecular weight excluding hydrogens is 384 g/mol. The van der Waals surface area contributed by atoms with Crippen molar-refractivity contribution < 1.29 is 9.32 Å². The van der Waals surface area contributed by atoms with Crippen molar-refractivity contribution in [2.24, 2.45) is 0 Å². The summed E-state index contributed by atoms with van der Waals surface area (Å²) in [5.41, 5.74) is 4.22. The van der Waals surface area contributed by atoms with Crippen molar-refractivity contribution in [2.45, 2.75) is 33.2 Å². The molecule has 0 saturated carbocycles. The van der Waals surface area contributed by atoms with Crippen molar-refractivity contribution in [3.05, 3.63) is 58.4 Å². The van der Waals surface area contributed by atoms with Crippen LogP contribution < -0.4 is 0 Å². The Morgan fingerprint density at radius 1 is 1.14 bits per heavy atom. The number of aromatic nitrogens is 2. The zero-order valence-corrected chi connectivity index (χ0v) is 17.7. The summed E-state index contributed by atoms with van der Waals surface area (Å²) in [4.78, 5) is 21.7. The molecule has 7 heteroatoms. The standard InChI is InChI=1S/C22H26N4O2S/c1-16-20(17(2)28-24-16)8-9-21(27)26-12-10-25(11-13-26)14-19-15-29-22(23-19)18-6-4-3-5-7-18/h3-7,15H,8-14H2,1-2H3. The number of rotatable bonds is 6. The van der Waals surface area contributed by atoms with Crippen LogP contribution in [0.25, 0.3) is 10.6 Å². The van der Waals surface area contributed by atoms with Crippen LogP contribution in [0.2, 0.25) is 0 Å². The predicted octanol–water partition coefficient (Wildman–Crippen LogP) is 3.69. The molecule has 1 fully saturated rings. The van der Waals surface area contributed by atoms with Gasteiger partial charge in [-0.25, -0.2) is 4.98 Å². The van der Waals surface area contributed by atoms with Crippen molar-refractivity contribution in [1.82, 2.24) is 19.9 Å². The number of nitrogens with zero attached hydrogens (tertiary/aromatic N) is 4. The maximum atomic E-state index is 12.6. The summed E-state index contributed by atoms with van der Waals surface area (Å²) in [7, 11) is 0. The first kappa shape index (κ1) is 19.8. The number of thiazole rings is 1. The Balaban J connectivity index is 1.25. The van der Waals surface area contributed by atoms with Crippen LogP contribution in [0.3, 0.4) is 0 Å². The average Bonchev–Trinajstić information content (AvgIpc) is 3.34. The highest BCUT2D eigenvalue weighted by Crippen LogP contribution is 2.24. The third-order valence-corrected chi connectivity index (χ3v) is 6.39. The lowest BCUT2D eigenvalue weighted by molar-refractivity contribution is -0.133. The lowest BCUT2D eigenvalue weighted by Gasteiger charge is -2.34. The Kier molecular flexibility index (Phi) is 6.06. The first-order chi connectivity index (χ1) is 14.1. The quantitative estimate of drug-likeness (QED) is 0.620. The number of hydrogen-bond acceptors (Lipinski definition) is 6. The number of carbonyl (C=O) groups is 1. The van der Waals surface area contributed by atoms with Gasteiger partial charge in [-0.1, -0.05) is 35.5 Å². The predicted molar refractivity (Wildman–Crippen MR) is 114 cm³/mol. The van der Waals surface area contributed by atoms with Gasteiger partial charge in [0.05, 0.1) is 11.4 Å². The molecule has 4 rings (SSSR count). The van der Waals surface area contributed by atoms with E-state index in [1.54, 1.807) is 11.3 Å². The number of benzene rings is 1. The highest BCUT2D eigenvalue weighted by atomic mass is 32.1. The maximum Gasteiger partial charge on any atom is 0.222 e. The lowest BCUT2D eigenvalue weighted by Crippen LogP contribution is -2.48. The van der Waals surface area contributed by atoms with Gasteiger partial charge >= 0.3 is 0 Å². The SMILES string of the molecule is Cc1noc(C)c1CCC(=O)N1CCN(Cc2csc(-c3ccccc3)n2)CC1. The zero-order chi connectivity index (χ0) is 20.2. The van der Waals surface area contributed by atoms with Gasteiger partial charge in [0.2, 0.25) is 5.91 Å². The molecule has 0 aliphatic carbocycles. The van der Waals surface area contributed by atoms with Crippen LogP contribution in [0.4, 0.5) is 0 Å². The number of aryl methyl sites for hydroxylation is 2. The van der Waals surface area contributed by atoms with Gasteiger partial charge in [0.25, 0.3) is 0 Å². The molecule has 2 aromatic heterocycles. The van der Waals surface area contributed by atoms with Gasteiger partial charge in [0.15, 0.2) is 0 Å². The third-order valence-electron chi connectivity index (χ3n) is 5.45. The summed E-state index contributed by atoms with van der Waals surface area (Å²) in [6.07, 6.45) is 1.21. The largest absolute Gasteiger partial charge is 0.361 e. The van der Waals surface area contributed by atoms with Gasteiger partial charge in [-0.2, -0.15) is 0 Å². The van der Waals surface area contributed by atoms with Crippen LogP contribution in [-0.2, 0) is 17.8 Å². The Morgan fingerprint density at radius 3 is 2.59 bits per heavy atom. The topological polar surface area (TPSA) is 62.5 Å². The second-order valence-corrected chi connectivity index (χ2v) is 8.33. The van der Waals surface area contributed by atoms with E-state index in [1.807, 2.05) is 36.9 Å². The molecule has 0 unspecified atom stereocenters. The molecule has 0 radical (unpaired) electrons. The summed E-state index contributed by atoms with van der Waals surface area (Å²) in [5, 5.41) is 7.17. The minimum absolute atomic E-state index is 0.213. The monoisotopic (exact) mass is 410 g/mol. The van der Waals surface area contributed by atoms with E-state index < -0.39 is 0 Å². The second-order valence-electron chi connectivity index (χ2n) is 7.47. The van der Waals surface area contributed by atoms with Crippen molar-refractivity contribution in [1.29, 1.82) is 0 Å². The number of hydrogen-bond donors (Lipinski definition) is 0. The molecule has 1 aliphatic heterocycles. The second kappa shape index (κ2) is 8.88. The molecule has 3 heterocycles. The van der Waals surface area contributed by atoms with Crippen LogP contribution in [-0.4, -0.2) is 52.0 Å². The Bertz CT molecular complexity index is 939. The fraction of sp³-hybridized carbons (Fsp3) is 0.409. The van der Waals surface area contributed by atoms with E-state index in [9.17, 15) is 4.79 Å². The molecule has 3 aromatic rings. The van der Waals surface area contributed by atoms with Crippen molar-refractivity contribution in [2.75, 3.05) is 26.2 Å². The van der Waals surface area contributed by atoms with Gasteiger partial charge in [-0.3, -0.25) is 9.69 Å². The van der Waals surface area contributed by atoms with E-state index in [0.29, 0.717) is 12.8 Å². The molecule has 1 saturated heterocycles. The van der Waals surface area contributed by atoms with E-state index in [2.05, 4.69) is 27.6 Å². The van der Waals surface area contributed by atoms with E-state index in [4.69, 9.17) is 9.51 Å². The molecule has 1 aliphatic rings. The van der Waals surface area contributed by atoms with E-state index in [0.717, 1.165) is 66.0 Å². The van der Waals surface area contributed by atoms with Crippen LogP contribution in [0, 0.1) is 13.8 Å². The van der Waals surface area contributed by atoms with Crippen LogP contribution in [0.1, 0.15) is 29.1 Å². The smallest absolute Gasteiger partial charge is 0.222 e. The lowest BCUT2D eigenvalue weighted by atomic mass is 10.1. The summed E-state index contributed by atoms with van der Waals surface area (Å²) < 4.78 is 5.19.